The van der Waals surface area contributed by atoms with E-state index in [1.807, 2.05) is 0 Å². The Kier molecular flexibility index (Phi) is 9.54. The van der Waals surface area contributed by atoms with Gasteiger partial charge in [-0.1, -0.05) is 104 Å². The van der Waals surface area contributed by atoms with E-state index in [-0.39, 0.29) is 0 Å². The van der Waals surface area contributed by atoms with Crippen LogP contribution in [0.25, 0.3) is 0 Å². The summed E-state index contributed by atoms with van der Waals surface area (Å²) >= 11 is 0. The van der Waals surface area contributed by atoms with Crippen molar-refractivity contribution in [3.63, 3.8) is 0 Å². The topological polar surface area (TPSA) is 0 Å². The Hall–Kier alpha value is 0. The third-order valence-electron chi connectivity index (χ3n) is 9.05. The highest BCUT2D eigenvalue weighted by Gasteiger charge is 2.36. The van der Waals surface area contributed by atoms with Crippen LogP contribution in [0.4, 0.5) is 0 Å². The van der Waals surface area contributed by atoms with Gasteiger partial charge in [-0.15, -0.1) is 0 Å². The fourth-order valence-electron chi connectivity index (χ4n) is 7.23. The third-order valence-corrected chi connectivity index (χ3v) is 9.05. The lowest BCUT2D eigenvalue weighted by molar-refractivity contribution is 0.116. The molecule has 0 nitrogen and oxygen atoms in total. The lowest BCUT2D eigenvalue weighted by atomic mass is 9.66. The summed E-state index contributed by atoms with van der Waals surface area (Å²) in [6, 6.07) is 0. The predicted octanol–water partition coefficient (Wildman–Crippen LogP) is 9.18. The van der Waals surface area contributed by atoms with Crippen LogP contribution < -0.4 is 0 Å². The maximum Gasteiger partial charge on any atom is -0.0380 e. The quantitative estimate of drug-likeness (QED) is 0.406. The average Bonchev–Trinajstić information content (AvgIpc) is 3.15. The molecule has 0 heteroatoms. The van der Waals surface area contributed by atoms with Crippen molar-refractivity contribution in [3.8, 4) is 0 Å². The number of hydrogen-bond donors (Lipinski definition) is 0. The van der Waals surface area contributed by atoms with E-state index in [9.17, 15) is 0 Å². The molecule has 3 aliphatic rings. The lowest BCUT2D eigenvalue weighted by Gasteiger charge is -2.39. The summed E-state index contributed by atoms with van der Waals surface area (Å²) in [5, 5.41) is 0. The van der Waals surface area contributed by atoms with Gasteiger partial charge < -0.3 is 0 Å². The van der Waals surface area contributed by atoms with E-state index in [2.05, 4.69) is 13.8 Å². The van der Waals surface area contributed by atoms with E-state index in [0.717, 1.165) is 35.5 Å². The molecule has 6 unspecified atom stereocenters. The first-order chi connectivity index (χ1) is 13.3. The maximum atomic E-state index is 2.43. The fourth-order valence-corrected chi connectivity index (χ4v) is 7.23. The van der Waals surface area contributed by atoms with Gasteiger partial charge in [0.1, 0.15) is 0 Å². The molecule has 0 amide bonds. The average molecular weight is 375 g/mol. The zero-order valence-corrected chi connectivity index (χ0v) is 18.9. The van der Waals surface area contributed by atoms with Crippen molar-refractivity contribution >= 4 is 0 Å². The smallest absolute Gasteiger partial charge is 0.0380 e. The van der Waals surface area contributed by atoms with E-state index < -0.39 is 0 Å². The van der Waals surface area contributed by atoms with Gasteiger partial charge in [0.05, 0.1) is 0 Å². The Labute approximate surface area is 171 Å². The van der Waals surface area contributed by atoms with Gasteiger partial charge in [0.15, 0.2) is 0 Å². The minimum atomic E-state index is 1.07. The van der Waals surface area contributed by atoms with Gasteiger partial charge in [0.25, 0.3) is 0 Å². The summed E-state index contributed by atoms with van der Waals surface area (Å²) < 4.78 is 0. The molecule has 0 radical (unpaired) electrons. The number of hydrogen-bond acceptors (Lipinski definition) is 0. The van der Waals surface area contributed by atoms with Crippen molar-refractivity contribution in [2.24, 2.45) is 35.5 Å². The highest BCUT2D eigenvalue weighted by molar-refractivity contribution is 4.87. The molecule has 3 aliphatic carbocycles. The van der Waals surface area contributed by atoms with Crippen molar-refractivity contribution in [3.05, 3.63) is 0 Å². The third kappa shape index (κ3) is 6.78. The molecule has 3 rings (SSSR count). The fraction of sp³-hybridized carbons (Fsp3) is 1.00. The van der Waals surface area contributed by atoms with Crippen LogP contribution in [0.15, 0.2) is 0 Å². The van der Waals surface area contributed by atoms with Crippen molar-refractivity contribution in [2.75, 3.05) is 0 Å². The van der Waals surface area contributed by atoms with E-state index in [1.165, 1.54) is 57.8 Å². The van der Waals surface area contributed by atoms with Gasteiger partial charge in [-0.25, -0.2) is 0 Å². The van der Waals surface area contributed by atoms with Crippen LogP contribution in [0.3, 0.4) is 0 Å². The van der Waals surface area contributed by atoms with Crippen molar-refractivity contribution in [2.45, 2.75) is 136 Å². The monoisotopic (exact) mass is 374 g/mol. The zero-order chi connectivity index (χ0) is 18.9. The van der Waals surface area contributed by atoms with Gasteiger partial charge in [-0.3, -0.25) is 0 Å². The molecular formula is C27H50. The molecule has 158 valence electrons. The first-order valence-electron chi connectivity index (χ1n) is 13.3. The Morgan fingerprint density at radius 3 is 1.89 bits per heavy atom. The van der Waals surface area contributed by atoms with Gasteiger partial charge in [-0.05, 0) is 67.6 Å². The van der Waals surface area contributed by atoms with Gasteiger partial charge in [-0.2, -0.15) is 0 Å². The van der Waals surface area contributed by atoms with Crippen LogP contribution >= 0.6 is 0 Å². The van der Waals surface area contributed by atoms with Crippen LogP contribution in [0.5, 0.6) is 0 Å². The molecule has 27 heavy (non-hydrogen) atoms. The molecule has 0 aromatic carbocycles. The first kappa shape index (κ1) is 21.7. The molecule has 0 bridgehead atoms. The first-order valence-corrected chi connectivity index (χ1v) is 13.3. The van der Waals surface area contributed by atoms with Gasteiger partial charge >= 0.3 is 0 Å². The minimum absolute atomic E-state index is 1.07. The Morgan fingerprint density at radius 2 is 1.15 bits per heavy atom. The second-order valence-electron chi connectivity index (χ2n) is 10.9. The Bertz CT molecular complexity index is 385. The molecular weight excluding hydrogens is 324 g/mol. The predicted molar refractivity (Wildman–Crippen MR) is 120 cm³/mol. The summed E-state index contributed by atoms with van der Waals surface area (Å²) in [5.74, 6) is 6.51. The lowest BCUT2D eigenvalue weighted by Crippen LogP contribution is -2.28. The standard InChI is InChI=1S/C27H50/c1-3-5-9-12-23-16-17-24-13-10-7-6-8-11-14-25(21-27(24)20-23)26-18-15-22(4-2)19-26/h22-27H,3-21H2,1-2H3. The SMILES string of the molecule is CCCCCC1CCC2CCCCCCCC(C3CCC(CC)C3)CC2C1. The summed E-state index contributed by atoms with van der Waals surface area (Å²) in [6.07, 6.45) is 29.2. The molecule has 0 aromatic rings. The van der Waals surface area contributed by atoms with Crippen molar-refractivity contribution in [1.29, 1.82) is 0 Å². The second-order valence-corrected chi connectivity index (χ2v) is 10.9. The number of rotatable bonds is 6. The van der Waals surface area contributed by atoms with Gasteiger partial charge in [0, 0.05) is 0 Å². The molecule has 3 saturated carbocycles. The molecule has 0 saturated heterocycles. The van der Waals surface area contributed by atoms with E-state index in [1.54, 1.807) is 64.2 Å². The summed E-state index contributed by atoms with van der Waals surface area (Å²) in [4.78, 5) is 0. The molecule has 0 spiro atoms. The molecule has 6 atom stereocenters. The highest BCUT2D eigenvalue weighted by atomic mass is 14.4. The second kappa shape index (κ2) is 11.9. The molecule has 0 aromatic heterocycles. The van der Waals surface area contributed by atoms with E-state index in [4.69, 9.17) is 0 Å². The molecule has 0 N–H and O–H groups in total. The van der Waals surface area contributed by atoms with E-state index >= 15 is 0 Å². The van der Waals surface area contributed by atoms with Crippen LogP contribution in [0, 0.1) is 35.5 Å². The zero-order valence-electron chi connectivity index (χ0n) is 18.9. The normalized spacial score (nSPS) is 38.9. The molecule has 0 aliphatic heterocycles. The van der Waals surface area contributed by atoms with Gasteiger partial charge in [0.2, 0.25) is 0 Å². The Balaban J connectivity index is 1.61. The van der Waals surface area contributed by atoms with Crippen LogP contribution in [-0.4, -0.2) is 0 Å². The molecule has 0 heterocycles. The van der Waals surface area contributed by atoms with Crippen LogP contribution in [0.2, 0.25) is 0 Å². The highest BCUT2D eigenvalue weighted by Crippen LogP contribution is 2.47. The maximum absolute atomic E-state index is 2.43. The van der Waals surface area contributed by atoms with E-state index in [0.29, 0.717) is 0 Å². The number of unbranched alkanes of at least 4 members (excludes halogenated alkanes) is 2. The summed E-state index contributed by atoms with van der Waals surface area (Å²) in [6.45, 7) is 4.79. The number of fused-ring (bicyclic) bond motifs is 1. The summed E-state index contributed by atoms with van der Waals surface area (Å²) in [7, 11) is 0. The Morgan fingerprint density at radius 1 is 0.519 bits per heavy atom. The summed E-state index contributed by atoms with van der Waals surface area (Å²) in [5.41, 5.74) is 0. The molecule has 3 fully saturated rings. The minimum Gasteiger partial charge on any atom is -0.0654 e. The van der Waals surface area contributed by atoms with Crippen LogP contribution in [0.1, 0.15) is 136 Å². The van der Waals surface area contributed by atoms with Crippen LogP contribution in [-0.2, 0) is 0 Å². The van der Waals surface area contributed by atoms with Crippen molar-refractivity contribution < 1.29 is 0 Å². The largest absolute Gasteiger partial charge is 0.0654 e. The van der Waals surface area contributed by atoms with Crippen molar-refractivity contribution in [1.82, 2.24) is 0 Å².